The molecule has 4 nitrogen and oxygen atoms in total. The molecule has 0 radical (unpaired) electrons. The van der Waals surface area contributed by atoms with E-state index in [1.165, 1.54) is 5.56 Å². The first kappa shape index (κ1) is 16.3. The summed E-state index contributed by atoms with van der Waals surface area (Å²) < 4.78 is 6.00. The number of hydrogen-bond donors (Lipinski definition) is 2. The van der Waals surface area contributed by atoms with Gasteiger partial charge in [0.1, 0.15) is 11.3 Å². The van der Waals surface area contributed by atoms with Gasteiger partial charge in [0, 0.05) is 24.5 Å². The molecular weight excluding hydrogens is 300 g/mol. The fraction of sp³-hybridized carbons (Fsp3) is 0.250. The Bertz CT molecular complexity index is 867. The molecule has 0 unspecified atom stereocenters. The number of benzene rings is 2. The minimum atomic E-state index is -0.0713. The molecule has 1 heterocycles. The molecule has 1 amide bonds. The Morgan fingerprint density at radius 3 is 2.71 bits per heavy atom. The average Bonchev–Trinajstić information content (AvgIpc) is 2.96. The van der Waals surface area contributed by atoms with Crippen molar-refractivity contribution in [3.05, 3.63) is 71.0 Å². The van der Waals surface area contributed by atoms with Gasteiger partial charge < -0.3 is 15.1 Å². The van der Waals surface area contributed by atoms with Gasteiger partial charge in [0.25, 0.3) is 5.91 Å². The minimum Gasteiger partial charge on any atom is -0.459 e. The molecule has 3 rings (SSSR count). The zero-order valence-electron chi connectivity index (χ0n) is 14.2. The van der Waals surface area contributed by atoms with Crippen molar-refractivity contribution in [3.63, 3.8) is 0 Å². The van der Waals surface area contributed by atoms with E-state index in [1.54, 1.807) is 7.05 Å². The van der Waals surface area contributed by atoms with Crippen LogP contribution < -0.4 is 10.6 Å². The van der Waals surface area contributed by atoms with Crippen molar-refractivity contribution < 1.29 is 9.21 Å². The summed E-state index contributed by atoms with van der Waals surface area (Å²) in [6.07, 6.45) is 0. The van der Waals surface area contributed by atoms with Gasteiger partial charge in [-0.05, 0) is 43.2 Å². The van der Waals surface area contributed by atoms with Crippen LogP contribution in [0.1, 0.15) is 40.2 Å². The summed E-state index contributed by atoms with van der Waals surface area (Å²) in [4.78, 5) is 11.7. The fourth-order valence-corrected chi connectivity index (χ4v) is 2.94. The predicted molar refractivity (Wildman–Crippen MR) is 96.0 cm³/mol. The third-order valence-corrected chi connectivity index (χ3v) is 4.30. The highest BCUT2D eigenvalue weighted by Crippen LogP contribution is 2.29. The van der Waals surface area contributed by atoms with Crippen LogP contribution in [0.25, 0.3) is 11.0 Å². The number of hydrogen-bond acceptors (Lipinski definition) is 3. The van der Waals surface area contributed by atoms with Crippen molar-refractivity contribution in [2.75, 3.05) is 7.05 Å². The topological polar surface area (TPSA) is 54.3 Å². The van der Waals surface area contributed by atoms with Crippen LogP contribution in [0.4, 0.5) is 0 Å². The number of furan rings is 1. The average molecular weight is 322 g/mol. The summed E-state index contributed by atoms with van der Waals surface area (Å²) in [6, 6.07) is 15.8. The van der Waals surface area contributed by atoms with Gasteiger partial charge in [0.05, 0.1) is 6.04 Å². The van der Waals surface area contributed by atoms with Gasteiger partial charge in [-0.3, -0.25) is 4.79 Å². The number of fused-ring (bicyclic) bond motifs is 1. The maximum Gasteiger partial charge on any atom is 0.251 e. The molecule has 0 spiro atoms. The highest BCUT2D eigenvalue weighted by molar-refractivity contribution is 5.94. The lowest BCUT2D eigenvalue weighted by Gasteiger charge is -2.13. The van der Waals surface area contributed by atoms with Gasteiger partial charge in [-0.1, -0.05) is 30.3 Å². The Balaban J connectivity index is 1.74. The van der Waals surface area contributed by atoms with Crippen LogP contribution >= 0.6 is 0 Å². The monoisotopic (exact) mass is 322 g/mol. The summed E-state index contributed by atoms with van der Waals surface area (Å²) in [5.74, 6) is 0.886. The van der Waals surface area contributed by atoms with E-state index in [4.69, 9.17) is 4.42 Å². The zero-order chi connectivity index (χ0) is 17.1. The lowest BCUT2D eigenvalue weighted by Crippen LogP contribution is -2.20. The van der Waals surface area contributed by atoms with E-state index in [9.17, 15) is 4.79 Å². The van der Waals surface area contributed by atoms with E-state index in [2.05, 4.69) is 30.5 Å². The SMILES string of the molecule is CNC(=O)c1cccc(CN[C@@H](C)c2oc3ccccc3c2C)c1. The molecule has 3 aromatic rings. The molecule has 4 heteroatoms. The molecule has 24 heavy (non-hydrogen) atoms. The van der Waals surface area contributed by atoms with Crippen LogP contribution in [0.2, 0.25) is 0 Å². The Hall–Kier alpha value is -2.59. The second-order valence-electron chi connectivity index (χ2n) is 5.97. The summed E-state index contributed by atoms with van der Waals surface area (Å²) in [5.41, 5.74) is 3.83. The standard InChI is InChI=1S/C20H22N2O2/c1-13-17-9-4-5-10-18(17)24-19(13)14(2)22-12-15-7-6-8-16(11-15)20(23)21-3/h4-11,14,22H,12H2,1-3H3,(H,21,23)/t14-/m0/s1. The van der Waals surface area contributed by atoms with Crippen LogP contribution in [0.15, 0.2) is 52.9 Å². The van der Waals surface area contributed by atoms with Crippen LogP contribution in [0, 0.1) is 6.92 Å². The molecule has 1 aromatic heterocycles. The molecule has 0 fully saturated rings. The van der Waals surface area contributed by atoms with Crippen molar-refractivity contribution in [2.45, 2.75) is 26.4 Å². The van der Waals surface area contributed by atoms with Crippen LogP contribution in [0.3, 0.4) is 0 Å². The molecule has 0 saturated heterocycles. The quantitative estimate of drug-likeness (QED) is 0.748. The summed E-state index contributed by atoms with van der Waals surface area (Å²) in [6.45, 7) is 4.85. The second kappa shape index (κ2) is 6.89. The number of carbonyl (C=O) groups is 1. The Kier molecular flexibility index (Phi) is 4.67. The van der Waals surface area contributed by atoms with Crippen LogP contribution in [-0.2, 0) is 6.54 Å². The molecule has 1 atom stereocenters. The molecule has 2 N–H and O–H groups in total. The molecule has 0 aliphatic heterocycles. The smallest absolute Gasteiger partial charge is 0.251 e. The molecule has 0 bridgehead atoms. The number of aryl methyl sites for hydroxylation is 1. The summed E-state index contributed by atoms with van der Waals surface area (Å²) in [5, 5.41) is 7.28. The fourth-order valence-electron chi connectivity index (χ4n) is 2.94. The lowest BCUT2D eigenvalue weighted by atomic mass is 10.1. The first-order valence-corrected chi connectivity index (χ1v) is 8.12. The zero-order valence-corrected chi connectivity index (χ0v) is 14.2. The normalized spacial score (nSPS) is 12.3. The number of amides is 1. The van der Waals surface area contributed by atoms with Gasteiger partial charge in [0.2, 0.25) is 0 Å². The molecule has 124 valence electrons. The second-order valence-corrected chi connectivity index (χ2v) is 5.97. The van der Waals surface area contributed by atoms with E-state index in [-0.39, 0.29) is 11.9 Å². The van der Waals surface area contributed by atoms with Crippen molar-refractivity contribution in [3.8, 4) is 0 Å². The third kappa shape index (κ3) is 3.19. The third-order valence-electron chi connectivity index (χ3n) is 4.30. The van der Waals surface area contributed by atoms with E-state index < -0.39 is 0 Å². The van der Waals surface area contributed by atoms with Crippen LogP contribution in [0.5, 0.6) is 0 Å². The van der Waals surface area contributed by atoms with Gasteiger partial charge in [-0.2, -0.15) is 0 Å². The number of nitrogens with one attached hydrogen (secondary N) is 2. The van der Waals surface area contributed by atoms with Gasteiger partial charge in [-0.15, -0.1) is 0 Å². The maximum absolute atomic E-state index is 11.7. The van der Waals surface area contributed by atoms with Crippen molar-refractivity contribution >= 4 is 16.9 Å². The number of carbonyl (C=O) groups excluding carboxylic acids is 1. The van der Waals surface area contributed by atoms with Crippen molar-refractivity contribution in [2.24, 2.45) is 0 Å². The van der Waals surface area contributed by atoms with Gasteiger partial charge >= 0.3 is 0 Å². The van der Waals surface area contributed by atoms with E-state index in [0.29, 0.717) is 12.1 Å². The highest BCUT2D eigenvalue weighted by Gasteiger charge is 2.16. The Labute approximate surface area is 141 Å². The Morgan fingerprint density at radius 2 is 1.96 bits per heavy atom. The number of para-hydroxylation sites is 1. The van der Waals surface area contributed by atoms with Crippen molar-refractivity contribution in [1.82, 2.24) is 10.6 Å². The molecule has 0 saturated carbocycles. The van der Waals surface area contributed by atoms with Gasteiger partial charge in [0.15, 0.2) is 0 Å². The largest absolute Gasteiger partial charge is 0.459 e. The first-order chi connectivity index (χ1) is 11.6. The van der Waals surface area contributed by atoms with Gasteiger partial charge in [-0.25, -0.2) is 0 Å². The van der Waals surface area contributed by atoms with E-state index in [0.717, 1.165) is 22.3 Å². The lowest BCUT2D eigenvalue weighted by molar-refractivity contribution is 0.0963. The number of rotatable bonds is 5. The van der Waals surface area contributed by atoms with Crippen LogP contribution in [-0.4, -0.2) is 13.0 Å². The van der Waals surface area contributed by atoms with Crippen molar-refractivity contribution in [1.29, 1.82) is 0 Å². The molecule has 0 aliphatic carbocycles. The first-order valence-electron chi connectivity index (χ1n) is 8.12. The highest BCUT2D eigenvalue weighted by atomic mass is 16.3. The predicted octanol–water partition coefficient (Wildman–Crippen LogP) is 3.95. The van der Waals surface area contributed by atoms with E-state index >= 15 is 0 Å². The molecule has 0 aliphatic rings. The summed E-state index contributed by atoms with van der Waals surface area (Å²) >= 11 is 0. The molecular formula is C20H22N2O2. The van der Waals surface area contributed by atoms with E-state index in [1.807, 2.05) is 42.5 Å². The Morgan fingerprint density at radius 1 is 1.17 bits per heavy atom. The maximum atomic E-state index is 11.7. The minimum absolute atomic E-state index is 0.0713. The summed E-state index contributed by atoms with van der Waals surface area (Å²) in [7, 11) is 1.64. The molecule has 2 aromatic carbocycles.